The molecule has 0 aliphatic heterocycles. The number of anilines is 1. The minimum Gasteiger partial charge on any atom is -0.397 e. The van der Waals surface area contributed by atoms with E-state index in [-0.39, 0.29) is 0 Å². The number of amides is 1. The largest absolute Gasteiger partial charge is 0.418 e. The van der Waals surface area contributed by atoms with E-state index in [1.165, 1.54) is 0 Å². The third-order valence-corrected chi connectivity index (χ3v) is 2.84. The van der Waals surface area contributed by atoms with Gasteiger partial charge in [0.05, 0.1) is 12.2 Å². The van der Waals surface area contributed by atoms with Crippen molar-refractivity contribution in [1.82, 2.24) is 10.3 Å². The van der Waals surface area contributed by atoms with Gasteiger partial charge in [-0.1, -0.05) is 0 Å². The molecule has 0 bridgehead atoms. The molecule has 1 aromatic heterocycles. The summed E-state index contributed by atoms with van der Waals surface area (Å²) in [6.45, 7) is -0.0589. The number of hydrogen-bond donors (Lipinski definition) is 3. The molecular formula is C12H14F5N3O2. The maximum Gasteiger partial charge on any atom is 0.418 e. The molecule has 10 heteroatoms. The van der Waals surface area contributed by atoms with Crippen molar-refractivity contribution in [2.24, 2.45) is 0 Å². The Morgan fingerprint density at radius 1 is 1.32 bits per heavy atom. The molecule has 1 rings (SSSR count). The van der Waals surface area contributed by atoms with Crippen molar-refractivity contribution in [2.75, 3.05) is 12.3 Å². The van der Waals surface area contributed by atoms with Crippen LogP contribution in [0.4, 0.5) is 27.6 Å². The monoisotopic (exact) mass is 327 g/mol. The Hall–Kier alpha value is -1.97. The standard InChI is InChI=1S/C12H14F5N3O2/c1-10(22,12(15,16)17)5-20-9(21)8-7(18)3-6(4-19-8)11(2,13)14/h3-4,22H,5,18H2,1-2H3,(H,20,21). The second kappa shape index (κ2) is 5.67. The maximum atomic E-state index is 13.0. The first-order valence-electron chi connectivity index (χ1n) is 5.97. The minimum atomic E-state index is -4.95. The molecule has 22 heavy (non-hydrogen) atoms. The Balaban J connectivity index is 2.88. The summed E-state index contributed by atoms with van der Waals surface area (Å²) in [7, 11) is 0. The van der Waals surface area contributed by atoms with E-state index in [9.17, 15) is 31.9 Å². The lowest BCUT2D eigenvalue weighted by Crippen LogP contribution is -2.51. The lowest BCUT2D eigenvalue weighted by Gasteiger charge is -2.26. The molecule has 4 N–H and O–H groups in total. The molecule has 0 saturated heterocycles. The van der Waals surface area contributed by atoms with Crippen LogP contribution in [-0.2, 0) is 5.92 Å². The highest BCUT2D eigenvalue weighted by molar-refractivity contribution is 5.97. The van der Waals surface area contributed by atoms with Gasteiger partial charge in [-0.25, -0.2) is 13.8 Å². The Bertz CT molecular complexity index is 567. The summed E-state index contributed by atoms with van der Waals surface area (Å²) in [4.78, 5) is 15.1. The molecule has 0 aliphatic carbocycles. The number of hydrogen-bond acceptors (Lipinski definition) is 4. The predicted molar refractivity (Wildman–Crippen MR) is 67.2 cm³/mol. The fourth-order valence-corrected chi connectivity index (χ4v) is 1.35. The van der Waals surface area contributed by atoms with Gasteiger partial charge >= 0.3 is 6.18 Å². The van der Waals surface area contributed by atoms with Crippen LogP contribution in [0.1, 0.15) is 29.9 Å². The van der Waals surface area contributed by atoms with Crippen molar-refractivity contribution < 1.29 is 31.9 Å². The van der Waals surface area contributed by atoms with Crippen molar-refractivity contribution in [3.05, 3.63) is 23.5 Å². The fraction of sp³-hybridized carbons (Fsp3) is 0.500. The van der Waals surface area contributed by atoms with E-state index in [1.807, 2.05) is 0 Å². The van der Waals surface area contributed by atoms with E-state index in [0.717, 1.165) is 6.07 Å². The quantitative estimate of drug-likeness (QED) is 0.736. The zero-order valence-electron chi connectivity index (χ0n) is 11.6. The molecule has 1 atom stereocenters. The van der Waals surface area contributed by atoms with Gasteiger partial charge in [0, 0.05) is 18.7 Å². The average molecular weight is 327 g/mol. The van der Waals surface area contributed by atoms with Crippen molar-refractivity contribution >= 4 is 11.6 Å². The number of pyridine rings is 1. The van der Waals surface area contributed by atoms with Crippen molar-refractivity contribution in [2.45, 2.75) is 31.5 Å². The Kier molecular flexibility index (Phi) is 4.66. The van der Waals surface area contributed by atoms with Gasteiger partial charge in [0.15, 0.2) is 11.3 Å². The molecular weight excluding hydrogens is 313 g/mol. The summed E-state index contributed by atoms with van der Waals surface area (Å²) in [5.74, 6) is -4.34. The van der Waals surface area contributed by atoms with Crippen molar-refractivity contribution in [3.8, 4) is 0 Å². The number of carbonyl (C=O) groups is 1. The van der Waals surface area contributed by atoms with Crippen LogP contribution in [0.15, 0.2) is 12.3 Å². The normalized spacial score (nSPS) is 15.3. The van der Waals surface area contributed by atoms with E-state index in [4.69, 9.17) is 5.73 Å². The zero-order chi connectivity index (χ0) is 17.3. The van der Waals surface area contributed by atoms with E-state index in [2.05, 4.69) is 4.98 Å². The van der Waals surface area contributed by atoms with Crippen LogP contribution in [0.2, 0.25) is 0 Å². The number of rotatable bonds is 4. The van der Waals surface area contributed by atoms with Gasteiger partial charge in [-0.05, 0) is 13.0 Å². The smallest absolute Gasteiger partial charge is 0.397 e. The van der Waals surface area contributed by atoms with Crippen molar-refractivity contribution in [3.63, 3.8) is 0 Å². The molecule has 0 saturated carbocycles. The van der Waals surface area contributed by atoms with Gasteiger partial charge in [0.25, 0.3) is 11.8 Å². The van der Waals surface area contributed by atoms with Gasteiger partial charge in [-0.2, -0.15) is 13.2 Å². The number of nitrogens with two attached hydrogens (primary N) is 1. The molecule has 5 nitrogen and oxygen atoms in total. The predicted octanol–water partition coefficient (Wildman–Crippen LogP) is 1.82. The number of aromatic nitrogens is 1. The van der Waals surface area contributed by atoms with Gasteiger partial charge in [-0.3, -0.25) is 4.79 Å². The van der Waals surface area contributed by atoms with E-state index >= 15 is 0 Å². The molecule has 0 radical (unpaired) electrons. The van der Waals surface area contributed by atoms with Crippen LogP contribution < -0.4 is 11.1 Å². The summed E-state index contributed by atoms with van der Waals surface area (Å²) in [6.07, 6.45) is -4.25. The van der Waals surface area contributed by atoms with Crippen molar-refractivity contribution in [1.29, 1.82) is 0 Å². The number of nitrogens with one attached hydrogen (secondary N) is 1. The van der Waals surface area contributed by atoms with Gasteiger partial charge in [0.2, 0.25) is 0 Å². The molecule has 1 aromatic rings. The Labute approximate surface area is 122 Å². The molecule has 1 amide bonds. The summed E-state index contributed by atoms with van der Waals surface area (Å²) in [5.41, 5.74) is 0.797. The number of carbonyl (C=O) groups excluding carboxylic acids is 1. The van der Waals surface area contributed by atoms with E-state index in [1.54, 1.807) is 5.32 Å². The molecule has 124 valence electrons. The SMILES string of the molecule is CC(F)(F)c1cnc(C(=O)NCC(C)(O)C(F)(F)F)c(N)c1. The average Bonchev–Trinajstić information content (AvgIpc) is 2.33. The van der Waals surface area contributed by atoms with E-state index in [0.29, 0.717) is 20.0 Å². The van der Waals surface area contributed by atoms with Gasteiger partial charge < -0.3 is 16.2 Å². The molecule has 0 aromatic carbocycles. The fourth-order valence-electron chi connectivity index (χ4n) is 1.35. The first kappa shape index (κ1) is 18.1. The second-order valence-corrected chi connectivity index (χ2v) is 5.00. The Morgan fingerprint density at radius 2 is 1.86 bits per heavy atom. The highest BCUT2D eigenvalue weighted by Crippen LogP contribution is 2.30. The second-order valence-electron chi connectivity index (χ2n) is 5.00. The first-order valence-corrected chi connectivity index (χ1v) is 5.97. The van der Waals surface area contributed by atoms with Gasteiger partial charge in [-0.15, -0.1) is 0 Å². The molecule has 0 fully saturated rings. The summed E-state index contributed by atoms with van der Waals surface area (Å²) in [5, 5.41) is 11.0. The van der Waals surface area contributed by atoms with Crippen LogP contribution in [0, 0.1) is 0 Å². The van der Waals surface area contributed by atoms with Gasteiger partial charge in [0.1, 0.15) is 0 Å². The third-order valence-electron chi connectivity index (χ3n) is 2.84. The number of aliphatic hydroxyl groups is 1. The lowest BCUT2D eigenvalue weighted by atomic mass is 10.1. The number of alkyl halides is 5. The molecule has 1 heterocycles. The summed E-state index contributed by atoms with van der Waals surface area (Å²) >= 11 is 0. The van der Waals surface area contributed by atoms with Crippen LogP contribution in [0.3, 0.4) is 0 Å². The topological polar surface area (TPSA) is 88.2 Å². The Morgan fingerprint density at radius 3 is 2.27 bits per heavy atom. The lowest BCUT2D eigenvalue weighted by molar-refractivity contribution is -0.249. The van der Waals surface area contributed by atoms with Crippen LogP contribution in [-0.4, -0.2) is 34.3 Å². The van der Waals surface area contributed by atoms with Crippen LogP contribution >= 0.6 is 0 Å². The van der Waals surface area contributed by atoms with Crippen LogP contribution in [0.5, 0.6) is 0 Å². The number of nitrogens with zero attached hydrogens (tertiary/aromatic N) is 1. The number of nitrogen functional groups attached to an aromatic ring is 1. The highest BCUT2D eigenvalue weighted by atomic mass is 19.4. The third kappa shape index (κ3) is 4.03. The number of halogens is 5. The molecule has 0 spiro atoms. The van der Waals surface area contributed by atoms with Crippen LogP contribution in [0.25, 0.3) is 0 Å². The summed E-state index contributed by atoms with van der Waals surface area (Å²) < 4.78 is 63.4. The maximum absolute atomic E-state index is 13.0. The summed E-state index contributed by atoms with van der Waals surface area (Å²) in [6, 6.07) is 0.809. The van der Waals surface area contributed by atoms with E-state index < -0.39 is 47.1 Å². The molecule has 0 aliphatic rings. The minimum absolute atomic E-state index is 0.414. The molecule has 1 unspecified atom stereocenters. The zero-order valence-corrected chi connectivity index (χ0v) is 11.6. The first-order chi connectivity index (χ1) is 9.75. The highest BCUT2D eigenvalue weighted by Gasteiger charge is 2.50.